The van der Waals surface area contributed by atoms with Crippen LogP contribution < -0.4 is 0 Å². The molecule has 0 fully saturated rings. The van der Waals surface area contributed by atoms with Gasteiger partial charge in [0.2, 0.25) is 0 Å². The quantitative estimate of drug-likeness (QED) is 0.402. The molecule has 0 spiro atoms. The van der Waals surface area contributed by atoms with Gasteiger partial charge in [-0.15, -0.1) is 11.6 Å². The summed E-state index contributed by atoms with van der Waals surface area (Å²) in [5, 5.41) is -0.811. The van der Waals surface area contributed by atoms with Crippen LogP contribution in [0.25, 0.3) is 0 Å². The summed E-state index contributed by atoms with van der Waals surface area (Å²) in [6.45, 7) is 0. The minimum Gasteiger partial charge on any atom is -0.204 e. The molecule has 1 atom stereocenters. The van der Waals surface area contributed by atoms with E-state index in [0.717, 1.165) is 24.3 Å². The first-order valence-corrected chi connectivity index (χ1v) is 6.42. The summed E-state index contributed by atoms with van der Waals surface area (Å²) in [4.78, 5) is 0. The van der Waals surface area contributed by atoms with E-state index >= 15 is 0 Å². The molecule has 0 bridgehead atoms. The van der Waals surface area contributed by atoms with Gasteiger partial charge >= 0.3 is 0 Å². The average molecular weight is 323 g/mol. The molecule has 2 rings (SSSR count). The molecule has 6 heteroatoms. The first-order valence-electron chi connectivity index (χ1n) is 5.61. The highest BCUT2D eigenvalue weighted by Gasteiger charge is 2.17. The third kappa shape index (κ3) is 3.25. The molecule has 0 aliphatic heterocycles. The molecule has 0 aromatic heterocycles. The molecule has 20 heavy (non-hydrogen) atoms. The van der Waals surface area contributed by atoms with E-state index in [2.05, 4.69) is 0 Å². The van der Waals surface area contributed by atoms with Crippen LogP contribution in [0.15, 0.2) is 30.3 Å². The largest absolute Gasteiger partial charge is 0.204 e. The molecule has 0 heterocycles. The van der Waals surface area contributed by atoms with Crippen molar-refractivity contribution in [3.8, 4) is 0 Å². The van der Waals surface area contributed by atoms with E-state index in [9.17, 15) is 17.6 Å². The van der Waals surface area contributed by atoms with Crippen LogP contribution in [0.3, 0.4) is 0 Å². The Bertz CT molecular complexity index is 643. The molecule has 0 nitrogen and oxygen atoms in total. The first-order chi connectivity index (χ1) is 9.38. The minimum atomic E-state index is -1.07. The standard InChI is InChI=1S/C14H8Cl2F4/c15-9(3-7-1-2-11(17)12(18)4-7)8-5-13(19)14(20)6-10(8)16/h1-2,4-6,9H,3H2. The smallest absolute Gasteiger partial charge is 0.160 e. The van der Waals surface area contributed by atoms with E-state index < -0.39 is 28.6 Å². The van der Waals surface area contributed by atoms with Gasteiger partial charge in [-0.25, -0.2) is 17.6 Å². The maximum absolute atomic E-state index is 13.2. The van der Waals surface area contributed by atoms with Gasteiger partial charge in [0.1, 0.15) is 0 Å². The normalized spacial score (nSPS) is 12.5. The molecular weight excluding hydrogens is 315 g/mol. The molecule has 0 N–H and O–H groups in total. The Kier molecular flexibility index (Phi) is 4.55. The van der Waals surface area contributed by atoms with Crippen molar-refractivity contribution < 1.29 is 17.6 Å². The average Bonchev–Trinajstić information content (AvgIpc) is 2.38. The Hall–Kier alpha value is -1.26. The van der Waals surface area contributed by atoms with Gasteiger partial charge in [-0.2, -0.15) is 0 Å². The monoisotopic (exact) mass is 322 g/mol. The predicted molar refractivity (Wildman–Crippen MR) is 70.0 cm³/mol. The summed E-state index contributed by atoms with van der Waals surface area (Å²) in [6.07, 6.45) is 0.101. The second kappa shape index (κ2) is 6.02. The van der Waals surface area contributed by atoms with E-state index in [-0.39, 0.29) is 17.0 Å². The fourth-order valence-corrected chi connectivity index (χ4v) is 2.46. The van der Waals surface area contributed by atoms with Crippen LogP contribution >= 0.6 is 23.2 Å². The number of benzene rings is 2. The van der Waals surface area contributed by atoms with Crippen LogP contribution in [0.5, 0.6) is 0 Å². The van der Waals surface area contributed by atoms with E-state index in [1.54, 1.807) is 0 Å². The lowest BCUT2D eigenvalue weighted by Gasteiger charge is -2.12. The zero-order valence-electron chi connectivity index (χ0n) is 9.94. The molecule has 0 saturated heterocycles. The van der Waals surface area contributed by atoms with Gasteiger partial charge in [0.25, 0.3) is 0 Å². The highest BCUT2D eigenvalue weighted by Crippen LogP contribution is 2.32. The van der Waals surface area contributed by atoms with Crippen molar-refractivity contribution in [1.29, 1.82) is 0 Å². The van der Waals surface area contributed by atoms with Crippen LogP contribution in [0, 0.1) is 23.3 Å². The van der Waals surface area contributed by atoms with Crippen molar-refractivity contribution in [2.75, 3.05) is 0 Å². The third-order valence-corrected chi connectivity index (χ3v) is 3.49. The molecule has 0 aliphatic rings. The number of alkyl halides is 1. The Morgan fingerprint density at radius 2 is 1.45 bits per heavy atom. The number of rotatable bonds is 3. The van der Waals surface area contributed by atoms with Crippen molar-refractivity contribution in [2.24, 2.45) is 0 Å². The lowest BCUT2D eigenvalue weighted by atomic mass is 10.0. The molecule has 0 saturated carbocycles. The second-order valence-corrected chi connectivity index (χ2v) is 5.14. The maximum Gasteiger partial charge on any atom is 0.160 e. The van der Waals surface area contributed by atoms with Crippen LogP contribution in [0.2, 0.25) is 5.02 Å². The topological polar surface area (TPSA) is 0 Å². The predicted octanol–water partition coefficient (Wildman–Crippen LogP) is 5.42. The lowest BCUT2D eigenvalue weighted by molar-refractivity contribution is 0.505. The minimum absolute atomic E-state index is 0.0218. The summed E-state index contributed by atoms with van der Waals surface area (Å²) in [6, 6.07) is 5.06. The summed E-state index contributed by atoms with van der Waals surface area (Å²) in [5.41, 5.74) is 0.613. The van der Waals surface area contributed by atoms with Crippen LogP contribution in [-0.4, -0.2) is 0 Å². The summed E-state index contributed by atoms with van der Waals surface area (Å²) < 4.78 is 52.0. The van der Waals surface area contributed by atoms with E-state index in [4.69, 9.17) is 23.2 Å². The summed E-state index contributed by atoms with van der Waals surface area (Å²) in [7, 11) is 0. The van der Waals surface area contributed by atoms with Crippen molar-refractivity contribution in [1.82, 2.24) is 0 Å². The van der Waals surface area contributed by atoms with Crippen LogP contribution in [-0.2, 0) is 6.42 Å². The van der Waals surface area contributed by atoms with Gasteiger partial charge in [0, 0.05) is 5.02 Å². The SMILES string of the molecule is Fc1ccc(CC(Cl)c2cc(F)c(F)cc2Cl)cc1F. The van der Waals surface area contributed by atoms with Crippen LogP contribution in [0.1, 0.15) is 16.5 Å². The Morgan fingerprint density at radius 3 is 2.10 bits per heavy atom. The van der Waals surface area contributed by atoms with Gasteiger partial charge < -0.3 is 0 Å². The fourth-order valence-electron chi connectivity index (χ4n) is 1.76. The molecule has 106 valence electrons. The molecule has 0 radical (unpaired) electrons. The third-order valence-electron chi connectivity index (χ3n) is 2.78. The van der Waals surface area contributed by atoms with Gasteiger partial charge in [-0.1, -0.05) is 17.7 Å². The molecular formula is C14H8Cl2F4. The molecule has 0 aliphatic carbocycles. The summed E-state index contributed by atoms with van der Waals surface area (Å²) in [5.74, 6) is -4.11. The van der Waals surface area contributed by atoms with E-state index in [1.165, 1.54) is 6.07 Å². The molecule has 0 amide bonds. The van der Waals surface area contributed by atoms with E-state index in [1.807, 2.05) is 0 Å². The fraction of sp³-hybridized carbons (Fsp3) is 0.143. The molecule has 2 aromatic carbocycles. The Balaban J connectivity index is 2.25. The zero-order valence-corrected chi connectivity index (χ0v) is 11.5. The van der Waals surface area contributed by atoms with Crippen molar-refractivity contribution in [3.63, 3.8) is 0 Å². The highest BCUT2D eigenvalue weighted by molar-refractivity contribution is 6.32. The van der Waals surface area contributed by atoms with E-state index in [0.29, 0.717) is 5.56 Å². The zero-order chi connectivity index (χ0) is 14.9. The Morgan fingerprint density at radius 1 is 0.850 bits per heavy atom. The molecule has 1 unspecified atom stereocenters. The van der Waals surface area contributed by atoms with Gasteiger partial charge in [-0.3, -0.25) is 0 Å². The molecule has 2 aromatic rings. The first kappa shape index (κ1) is 15.1. The summed E-state index contributed by atoms with van der Waals surface area (Å²) >= 11 is 11.9. The Labute approximate surface area is 122 Å². The number of hydrogen-bond acceptors (Lipinski definition) is 0. The maximum atomic E-state index is 13.2. The van der Waals surface area contributed by atoms with Crippen molar-refractivity contribution in [2.45, 2.75) is 11.8 Å². The van der Waals surface area contributed by atoms with Crippen molar-refractivity contribution >= 4 is 23.2 Å². The van der Waals surface area contributed by atoms with Gasteiger partial charge in [-0.05, 0) is 41.8 Å². The number of halogens is 6. The highest BCUT2D eigenvalue weighted by atomic mass is 35.5. The number of hydrogen-bond donors (Lipinski definition) is 0. The van der Waals surface area contributed by atoms with Gasteiger partial charge in [0.05, 0.1) is 5.38 Å². The second-order valence-electron chi connectivity index (χ2n) is 4.21. The van der Waals surface area contributed by atoms with Gasteiger partial charge in [0.15, 0.2) is 23.3 Å². The lowest BCUT2D eigenvalue weighted by Crippen LogP contribution is -2.00. The van der Waals surface area contributed by atoms with Crippen LogP contribution in [0.4, 0.5) is 17.6 Å². The van der Waals surface area contributed by atoms with Crippen molar-refractivity contribution in [3.05, 3.63) is 69.8 Å².